The maximum Gasteiger partial charge on any atom is 0.279 e. The summed E-state index contributed by atoms with van der Waals surface area (Å²) < 4.78 is 27.8. The molecule has 18 heavy (non-hydrogen) atoms. The summed E-state index contributed by atoms with van der Waals surface area (Å²) >= 11 is 0. The Kier molecular flexibility index (Phi) is 7.14. The number of rotatable bonds is 11. The standard InChI is InChI=1S/C12H27N3O2S/c1-3-13-9-5-11-15(2)18(16,17)14-10-4-6-12-7-8-12/h12-14H,3-11H2,1-2H3. The molecule has 1 fully saturated rings. The van der Waals surface area contributed by atoms with Crippen LogP contribution in [0.15, 0.2) is 0 Å². The fraction of sp³-hybridized carbons (Fsp3) is 1.00. The lowest BCUT2D eigenvalue weighted by Crippen LogP contribution is -2.39. The zero-order chi connectivity index (χ0) is 13.4. The molecule has 0 atom stereocenters. The molecule has 1 aliphatic carbocycles. The summed E-state index contributed by atoms with van der Waals surface area (Å²) in [6.07, 6.45) is 5.61. The summed E-state index contributed by atoms with van der Waals surface area (Å²) in [4.78, 5) is 0. The van der Waals surface area contributed by atoms with Gasteiger partial charge in [0.25, 0.3) is 10.2 Å². The normalized spacial score (nSPS) is 16.4. The molecule has 5 nitrogen and oxygen atoms in total. The average Bonchev–Trinajstić information content (AvgIpc) is 3.14. The van der Waals surface area contributed by atoms with E-state index in [9.17, 15) is 8.42 Å². The molecule has 0 aliphatic heterocycles. The fourth-order valence-electron chi connectivity index (χ4n) is 1.83. The smallest absolute Gasteiger partial charge is 0.279 e. The van der Waals surface area contributed by atoms with E-state index in [1.54, 1.807) is 7.05 Å². The van der Waals surface area contributed by atoms with Crippen LogP contribution in [0, 0.1) is 5.92 Å². The van der Waals surface area contributed by atoms with Crippen LogP contribution in [0.3, 0.4) is 0 Å². The van der Waals surface area contributed by atoms with Crippen LogP contribution in [0.25, 0.3) is 0 Å². The highest BCUT2D eigenvalue weighted by atomic mass is 32.2. The summed E-state index contributed by atoms with van der Waals surface area (Å²) in [6, 6.07) is 0. The fourth-order valence-corrected chi connectivity index (χ4v) is 2.82. The van der Waals surface area contributed by atoms with Crippen LogP contribution in [-0.4, -0.2) is 45.9 Å². The van der Waals surface area contributed by atoms with E-state index in [1.165, 1.54) is 17.1 Å². The molecule has 0 aromatic carbocycles. The molecule has 108 valence electrons. The van der Waals surface area contributed by atoms with E-state index in [-0.39, 0.29) is 0 Å². The van der Waals surface area contributed by atoms with Gasteiger partial charge in [0.1, 0.15) is 0 Å². The second kappa shape index (κ2) is 8.09. The van der Waals surface area contributed by atoms with E-state index in [0.717, 1.165) is 38.3 Å². The minimum atomic E-state index is -3.27. The molecule has 0 spiro atoms. The van der Waals surface area contributed by atoms with Gasteiger partial charge in [0.05, 0.1) is 0 Å². The summed E-state index contributed by atoms with van der Waals surface area (Å²) in [5.41, 5.74) is 0. The van der Waals surface area contributed by atoms with Gasteiger partial charge in [-0.25, -0.2) is 4.72 Å². The molecule has 1 rings (SSSR count). The summed E-state index contributed by atoms with van der Waals surface area (Å²) in [5.74, 6) is 0.868. The largest absolute Gasteiger partial charge is 0.317 e. The number of hydrogen-bond acceptors (Lipinski definition) is 3. The van der Waals surface area contributed by atoms with Crippen LogP contribution in [0.1, 0.15) is 39.0 Å². The first-order valence-corrected chi connectivity index (χ1v) is 8.42. The van der Waals surface area contributed by atoms with Crippen LogP contribution in [-0.2, 0) is 10.2 Å². The Hall–Kier alpha value is -0.170. The third-order valence-corrected chi connectivity index (χ3v) is 4.83. The van der Waals surface area contributed by atoms with E-state index in [2.05, 4.69) is 10.0 Å². The Balaban J connectivity index is 2.10. The van der Waals surface area contributed by atoms with Gasteiger partial charge >= 0.3 is 0 Å². The second-order valence-corrected chi connectivity index (χ2v) is 6.88. The molecule has 1 aliphatic rings. The first kappa shape index (κ1) is 15.9. The van der Waals surface area contributed by atoms with E-state index < -0.39 is 10.2 Å². The third-order valence-electron chi connectivity index (χ3n) is 3.26. The summed E-state index contributed by atoms with van der Waals surface area (Å²) in [7, 11) is -1.64. The van der Waals surface area contributed by atoms with Gasteiger partial charge in [-0.15, -0.1) is 0 Å². The highest BCUT2D eigenvalue weighted by molar-refractivity contribution is 7.87. The number of nitrogens with one attached hydrogen (secondary N) is 2. The van der Waals surface area contributed by atoms with Gasteiger partial charge in [-0.1, -0.05) is 19.8 Å². The topological polar surface area (TPSA) is 61.4 Å². The number of nitrogens with zero attached hydrogens (tertiary/aromatic N) is 1. The zero-order valence-electron chi connectivity index (χ0n) is 11.6. The number of hydrogen-bond donors (Lipinski definition) is 2. The second-order valence-electron chi connectivity index (χ2n) is 5.01. The lowest BCUT2D eigenvalue weighted by Gasteiger charge is -2.17. The van der Waals surface area contributed by atoms with Gasteiger partial charge in [0.15, 0.2) is 0 Å². The molecule has 0 aromatic rings. The van der Waals surface area contributed by atoms with Gasteiger partial charge < -0.3 is 5.32 Å². The predicted molar refractivity (Wildman–Crippen MR) is 74.7 cm³/mol. The van der Waals surface area contributed by atoms with Crippen molar-refractivity contribution in [3.8, 4) is 0 Å². The van der Waals surface area contributed by atoms with Crippen molar-refractivity contribution in [2.45, 2.75) is 39.0 Å². The van der Waals surface area contributed by atoms with Crippen molar-refractivity contribution in [1.29, 1.82) is 0 Å². The van der Waals surface area contributed by atoms with Gasteiger partial charge in [-0.3, -0.25) is 0 Å². The Morgan fingerprint density at radius 2 is 1.94 bits per heavy atom. The van der Waals surface area contributed by atoms with Crippen molar-refractivity contribution in [3.63, 3.8) is 0 Å². The van der Waals surface area contributed by atoms with Crippen LogP contribution in [0.2, 0.25) is 0 Å². The average molecular weight is 277 g/mol. The Morgan fingerprint density at radius 3 is 2.56 bits per heavy atom. The molecule has 0 saturated heterocycles. The van der Waals surface area contributed by atoms with Crippen molar-refractivity contribution >= 4 is 10.2 Å². The molecule has 0 amide bonds. The van der Waals surface area contributed by atoms with Crippen molar-refractivity contribution in [2.24, 2.45) is 5.92 Å². The first-order valence-electron chi connectivity index (χ1n) is 6.98. The molecule has 0 bridgehead atoms. The Bertz CT molecular complexity index is 315. The molecule has 0 radical (unpaired) electrons. The lowest BCUT2D eigenvalue weighted by atomic mass is 10.2. The van der Waals surface area contributed by atoms with Crippen molar-refractivity contribution in [2.75, 3.05) is 33.2 Å². The first-order chi connectivity index (χ1) is 8.56. The van der Waals surface area contributed by atoms with Crippen LogP contribution >= 0.6 is 0 Å². The highest BCUT2D eigenvalue weighted by Crippen LogP contribution is 2.33. The Morgan fingerprint density at radius 1 is 1.22 bits per heavy atom. The maximum absolute atomic E-state index is 11.8. The van der Waals surface area contributed by atoms with Gasteiger partial charge in [0, 0.05) is 20.1 Å². The molecular formula is C12H27N3O2S. The van der Waals surface area contributed by atoms with E-state index >= 15 is 0 Å². The van der Waals surface area contributed by atoms with Gasteiger partial charge in [0.2, 0.25) is 0 Å². The minimum absolute atomic E-state index is 0.560. The molecule has 2 N–H and O–H groups in total. The molecule has 0 unspecified atom stereocenters. The van der Waals surface area contributed by atoms with E-state index in [4.69, 9.17) is 0 Å². The lowest BCUT2D eigenvalue weighted by molar-refractivity contribution is 0.444. The van der Waals surface area contributed by atoms with Gasteiger partial charge in [-0.05, 0) is 38.3 Å². The third kappa shape index (κ3) is 6.68. The summed E-state index contributed by atoms with van der Waals surface area (Å²) in [6.45, 7) is 4.96. The van der Waals surface area contributed by atoms with E-state index in [0.29, 0.717) is 13.1 Å². The minimum Gasteiger partial charge on any atom is -0.317 e. The van der Waals surface area contributed by atoms with Gasteiger partial charge in [-0.2, -0.15) is 12.7 Å². The molecule has 1 saturated carbocycles. The quantitative estimate of drug-likeness (QED) is 0.553. The monoisotopic (exact) mass is 277 g/mol. The summed E-state index contributed by atoms with van der Waals surface area (Å²) in [5, 5.41) is 3.18. The Labute approximate surface area is 112 Å². The maximum atomic E-state index is 11.8. The van der Waals surface area contributed by atoms with Crippen molar-refractivity contribution in [3.05, 3.63) is 0 Å². The highest BCUT2D eigenvalue weighted by Gasteiger charge is 2.21. The van der Waals surface area contributed by atoms with Crippen LogP contribution < -0.4 is 10.0 Å². The van der Waals surface area contributed by atoms with Crippen LogP contribution in [0.4, 0.5) is 0 Å². The molecule has 6 heteroatoms. The van der Waals surface area contributed by atoms with Crippen molar-refractivity contribution < 1.29 is 8.42 Å². The SMILES string of the molecule is CCNCCCN(C)S(=O)(=O)NCCCC1CC1. The molecule has 0 aromatic heterocycles. The molecular weight excluding hydrogens is 250 g/mol. The molecule has 0 heterocycles. The zero-order valence-corrected chi connectivity index (χ0v) is 12.4. The van der Waals surface area contributed by atoms with Crippen molar-refractivity contribution in [1.82, 2.24) is 14.3 Å². The predicted octanol–water partition coefficient (Wildman–Crippen LogP) is 0.942. The van der Waals surface area contributed by atoms with Crippen LogP contribution in [0.5, 0.6) is 0 Å². The van der Waals surface area contributed by atoms with E-state index in [1.807, 2.05) is 6.92 Å².